The van der Waals surface area contributed by atoms with E-state index < -0.39 is 11.9 Å². The van der Waals surface area contributed by atoms with Crippen LogP contribution in [0.25, 0.3) is 0 Å². The van der Waals surface area contributed by atoms with Gasteiger partial charge in [0.25, 0.3) is 0 Å². The van der Waals surface area contributed by atoms with Crippen LogP contribution in [0, 0.1) is 0 Å². The molecule has 184 valence electrons. The van der Waals surface area contributed by atoms with Gasteiger partial charge in [-0.3, -0.25) is 4.79 Å². The van der Waals surface area contributed by atoms with Gasteiger partial charge in [-0.2, -0.15) is 0 Å². The maximum absolute atomic E-state index is 13.6. The second-order valence-electron chi connectivity index (χ2n) is 8.82. The molecule has 2 atom stereocenters. The highest BCUT2D eigenvalue weighted by Crippen LogP contribution is 2.47. The first-order valence-electron chi connectivity index (χ1n) is 11.8. The van der Waals surface area contributed by atoms with Crippen LogP contribution >= 0.6 is 11.6 Å². The first-order chi connectivity index (χ1) is 16.9. The summed E-state index contributed by atoms with van der Waals surface area (Å²) in [6.07, 6.45) is 1.87. The van der Waals surface area contributed by atoms with Gasteiger partial charge in [-0.25, -0.2) is 4.79 Å². The van der Waals surface area contributed by atoms with E-state index in [1.807, 2.05) is 56.3 Å². The number of hydrogen-bond donors (Lipinski definition) is 1. The van der Waals surface area contributed by atoms with Crippen LogP contribution in [0.5, 0.6) is 11.5 Å². The van der Waals surface area contributed by atoms with Crippen molar-refractivity contribution in [2.75, 3.05) is 20.8 Å². The van der Waals surface area contributed by atoms with E-state index in [0.29, 0.717) is 52.8 Å². The average Bonchev–Trinajstić information content (AvgIpc) is 2.86. The van der Waals surface area contributed by atoms with Crippen molar-refractivity contribution in [1.29, 1.82) is 0 Å². The average molecular weight is 496 g/mol. The summed E-state index contributed by atoms with van der Waals surface area (Å²) in [4.78, 5) is 26.5. The zero-order chi connectivity index (χ0) is 25.1. The van der Waals surface area contributed by atoms with Gasteiger partial charge >= 0.3 is 5.97 Å². The van der Waals surface area contributed by atoms with Gasteiger partial charge in [0, 0.05) is 34.3 Å². The van der Waals surface area contributed by atoms with Crippen molar-refractivity contribution in [2.24, 2.45) is 0 Å². The summed E-state index contributed by atoms with van der Waals surface area (Å²) in [7, 11) is 2.93. The van der Waals surface area contributed by atoms with Crippen molar-refractivity contribution in [2.45, 2.75) is 44.9 Å². The molecule has 6 nitrogen and oxygen atoms in total. The van der Waals surface area contributed by atoms with Gasteiger partial charge in [-0.1, -0.05) is 36.7 Å². The number of rotatable bonds is 7. The van der Waals surface area contributed by atoms with Gasteiger partial charge < -0.3 is 19.5 Å². The Morgan fingerprint density at radius 3 is 2.43 bits per heavy atom. The highest BCUT2D eigenvalue weighted by atomic mass is 35.5. The third kappa shape index (κ3) is 4.94. The third-order valence-electron chi connectivity index (χ3n) is 6.56. The van der Waals surface area contributed by atoms with Gasteiger partial charge in [0.05, 0.1) is 26.4 Å². The molecule has 0 saturated heterocycles. The van der Waals surface area contributed by atoms with E-state index in [0.717, 1.165) is 23.2 Å². The monoisotopic (exact) mass is 495 g/mol. The number of methoxy groups -OCH3 is 2. The Balaban J connectivity index is 1.79. The molecule has 4 rings (SSSR count). The molecule has 0 unspecified atom stereocenters. The van der Waals surface area contributed by atoms with Crippen LogP contribution in [-0.4, -0.2) is 32.6 Å². The number of nitrogens with one attached hydrogen (secondary N) is 1. The quantitative estimate of drug-likeness (QED) is 0.499. The second-order valence-corrected chi connectivity index (χ2v) is 9.26. The minimum Gasteiger partial charge on any atom is -0.493 e. The standard InChI is InChI=1S/C28H30ClNO5/c1-5-12-35-23-11-8-18(15-24(23)33-3)26-25(28(32)34-4)16(2)30-21-13-19(14-22(31)27(21)26)17-6-9-20(29)10-7-17/h6-11,15,19,26,30H,5,12-14H2,1-4H3/t19-,26+/m1/s1. The molecule has 2 aliphatic rings. The molecule has 0 amide bonds. The molecule has 0 radical (unpaired) electrons. The SMILES string of the molecule is CCCOc1ccc([C@H]2C(C(=O)OC)=C(C)NC3=C2C(=O)C[C@H](c2ccc(Cl)cc2)C3)cc1OC. The maximum Gasteiger partial charge on any atom is 0.336 e. The highest BCUT2D eigenvalue weighted by molar-refractivity contribution is 6.30. The summed E-state index contributed by atoms with van der Waals surface area (Å²) in [5, 5.41) is 4.01. The Labute approximate surface area is 210 Å². The van der Waals surface area contributed by atoms with Gasteiger partial charge in [0.1, 0.15) is 0 Å². The van der Waals surface area contributed by atoms with Crippen molar-refractivity contribution in [3.8, 4) is 11.5 Å². The maximum atomic E-state index is 13.6. The van der Waals surface area contributed by atoms with Gasteiger partial charge in [-0.05, 0) is 61.1 Å². The van der Waals surface area contributed by atoms with E-state index in [9.17, 15) is 9.59 Å². The fourth-order valence-electron chi connectivity index (χ4n) is 4.92. The molecule has 1 heterocycles. The topological polar surface area (TPSA) is 73.9 Å². The second kappa shape index (κ2) is 10.6. The molecule has 35 heavy (non-hydrogen) atoms. The third-order valence-corrected chi connectivity index (χ3v) is 6.81. The smallest absolute Gasteiger partial charge is 0.336 e. The van der Waals surface area contributed by atoms with Crippen LogP contribution in [0.3, 0.4) is 0 Å². The lowest BCUT2D eigenvalue weighted by Crippen LogP contribution is -2.36. The highest BCUT2D eigenvalue weighted by Gasteiger charge is 2.41. The zero-order valence-corrected chi connectivity index (χ0v) is 21.2. The molecule has 0 spiro atoms. The van der Waals surface area contributed by atoms with E-state index in [4.69, 9.17) is 25.8 Å². The molecule has 0 fully saturated rings. The fourth-order valence-corrected chi connectivity index (χ4v) is 5.04. The summed E-state index contributed by atoms with van der Waals surface area (Å²) in [6, 6.07) is 13.2. The van der Waals surface area contributed by atoms with E-state index in [2.05, 4.69) is 5.32 Å². The number of dihydropyridines is 1. The van der Waals surface area contributed by atoms with Gasteiger partial charge in [0.2, 0.25) is 0 Å². The minimum absolute atomic E-state index is 0.00267. The molecule has 2 aromatic rings. The Hall–Kier alpha value is -3.25. The van der Waals surface area contributed by atoms with Crippen molar-refractivity contribution in [3.63, 3.8) is 0 Å². The lowest BCUT2D eigenvalue weighted by Gasteiger charge is -2.36. The van der Waals surface area contributed by atoms with Crippen molar-refractivity contribution < 1.29 is 23.8 Å². The number of carbonyl (C=O) groups is 2. The largest absolute Gasteiger partial charge is 0.493 e. The first-order valence-corrected chi connectivity index (χ1v) is 12.1. The number of esters is 1. The molecule has 0 aromatic heterocycles. The Morgan fingerprint density at radius 1 is 1.06 bits per heavy atom. The van der Waals surface area contributed by atoms with Crippen LogP contribution in [0.4, 0.5) is 0 Å². The van der Waals surface area contributed by atoms with E-state index in [1.165, 1.54) is 7.11 Å². The van der Waals surface area contributed by atoms with Crippen LogP contribution in [0.2, 0.25) is 5.02 Å². The van der Waals surface area contributed by atoms with Crippen LogP contribution in [0.15, 0.2) is 65.0 Å². The number of hydrogen-bond acceptors (Lipinski definition) is 6. The van der Waals surface area contributed by atoms with Gasteiger partial charge in [-0.15, -0.1) is 0 Å². The number of halogens is 1. The predicted molar refractivity (Wildman–Crippen MR) is 135 cm³/mol. The number of ketones is 1. The van der Waals surface area contributed by atoms with Crippen molar-refractivity contribution in [3.05, 3.63) is 81.2 Å². The Morgan fingerprint density at radius 2 is 1.77 bits per heavy atom. The predicted octanol–water partition coefficient (Wildman–Crippen LogP) is 5.67. The van der Waals surface area contributed by atoms with E-state index >= 15 is 0 Å². The number of carbonyl (C=O) groups excluding carboxylic acids is 2. The molecule has 0 saturated carbocycles. The summed E-state index contributed by atoms with van der Waals surface area (Å²) in [5.41, 5.74) is 4.38. The van der Waals surface area contributed by atoms with Crippen molar-refractivity contribution in [1.82, 2.24) is 5.32 Å². The Kier molecular flexibility index (Phi) is 7.51. The van der Waals surface area contributed by atoms with Crippen LogP contribution < -0.4 is 14.8 Å². The number of allylic oxidation sites excluding steroid dienone is 3. The normalized spacial score (nSPS) is 19.7. The van der Waals surface area contributed by atoms with Crippen LogP contribution in [-0.2, 0) is 14.3 Å². The van der Waals surface area contributed by atoms with E-state index in [-0.39, 0.29) is 11.7 Å². The Bertz CT molecular complexity index is 1200. The van der Waals surface area contributed by atoms with Crippen molar-refractivity contribution >= 4 is 23.4 Å². The lowest BCUT2D eigenvalue weighted by molar-refractivity contribution is -0.136. The number of Topliss-reactive ketones (excluding diaryl/α,β-unsaturated/α-hetero) is 1. The number of benzene rings is 2. The zero-order valence-electron chi connectivity index (χ0n) is 20.4. The molecule has 1 N–H and O–H groups in total. The molecule has 7 heteroatoms. The summed E-state index contributed by atoms with van der Waals surface area (Å²) in [6.45, 7) is 4.44. The molecule has 1 aliphatic heterocycles. The first kappa shape index (κ1) is 24.9. The molecule has 0 bridgehead atoms. The fraction of sp³-hybridized carbons (Fsp3) is 0.357. The molecular weight excluding hydrogens is 466 g/mol. The summed E-state index contributed by atoms with van der Waals surface area (Å²) >= 11 is 6.06. The molecule has 2 aromatic carbocycles. The molecular formula is C28H30ClNO5. The lowest BCUT2D eigenvalue weighted by atomic mass is 9.71. The molecule has 1 aliphatic carbocycles. The summed E-state index contributed by atoms with van der Waals surface area (Å²) in [5.74, 6) is 0.178. The van der Waals surface area contributed by atoms with E-state index in [1.54, 1.807) is 7.11 Å². The van der Waals surface area contributed by atoms with Crippen LogP contribution in [0.1, 0.15) is 56.1 Å². The summed E-state index contributed by atoms with van der Waals surface area (Å²) < 4.78 is 16.5. The minimum atomic E-state index is -0.563. The number of ether oxygens (including phenoxy) is 3. The van der Waals surface area contributed by atoms with Gasteiger partial charge in [0.15, 0.2) is 17.3 Å².